The highest BCUT2D eigenvalue weighted by atomic mass is 28.4. The van der Waals surface area contributed by atoms with Crippen LogP contribution < -0.4 is 5.19 Å². The quantitative estimate of drug-likeness (QED) is 0.608. The Balaban J connectivity index is 3.34. The number of rotatable bonds is 10. The van der Waals surface area contributed by atoms with Crippen molar-refractivity contribution in [3.8, 4) is 0 Å². The fourth-order valence-electron chi connectivity index (χ4n) is 2.47. The Labute approximate surface area is 137 Å². The average Bonchev–Trinajstić information content (AvgIpc) is 2.52. The fourth-order valence-corrected chi connectivity index (χ4v) is 5.80. The zero-order valence-electron chi connectivity index (χ0n) is 15.1. The van der Waals surface area contributed by atoms with Crippen LogP contribution in [0.2, 0.25) is 0 Å². The Kier molecular flexibility index (Phi) is 8.32. The van der Waals surface area contributed by atoms with Crippen LogP contribution in [0.5, 0.6) is 0 Å². The predicted molar refractivity (Wildman–Crippen MR) is 94.8 cm³/mol. The summed E-state index contributed by atoms with van der Waals surface area (Å²) in [5.41, 5.74) is 3.71. The maximum atomic E-state index is 6.28. The van der Waals surface area contributed by atoms with E-state index in [1.165, 1.54) is 21.9 Å². The molecule has 0 aromatic heterocycles. The lowest BCUT2D eigenvalue weighted by Crippen LogP contribution is -2.59. The van der Waals surface area contributed by atoms with Crippen LogP contribution in [0, 0.1) is 20.8 Å². The first-order valence-corrected chi connectivity index (χ1v) is 10.2. The van der Waals surface area contributed by atoms with Gasteiger partial charge in [0, 0.05) is 25.0 Å². The van der Waals surface area contributed by atoms with Crippen LogP contribution in [0.15, 0.2) is 12.1 Å². The minimum atomic E-state index is -2.86. The van der Waals surface area contributed by atoms with Crippen LogP contribution in [0.4, 0.5) is 0 Å². The smallest absolute Gasteiger partial charge is 0.370 e. The minimum absolute atomic E-state index is 0.673. The summed E-state index contributed by atoms with van der Waals surface area (Å²) in [5.74, 6) is 0. The van der Waals surface area contributed by atoms with E-state index in [9.17, 15) is 0 Å². The minimum Gasteiger partial charge on any atom is -0.370 e. The zero-order valence-corrected chi connectivity index (χ0v) is 16.1. The Morgan fingerprint density at radius 2 is 1.14 bits per heavy atom. The van der Waals surface area contributed by atoms with Gasteiger partial charge in [0.25, 0.3) is 0 Å². The number of aryl methyl sites for hydroxylation is 2. The normalized spacial score (nSPS) is 11.9. The summed E-state index contributed by atoms with van der Waals surface area (Å²) in [5, 5.41) is 1.17. The van der Waals surface area contributed by atoms with Crippen LogP contribution in [-0.2, 0) is 13.3 Å². The van der Waals surface area contributed by atoms with Gasteiger partial charge in [0.15, 0.2) is 0 Å². The van der Waals surface area contributed by atoms with E-state index in [4.69, 9.17) is 13.3 Å². The molecule has 0 bridgehead atoms. The van der Waals surface area contributed by atoms with Gasteiger partial charge >= 0.3 is 8.80 Å². The molecule has 0 spiro atoms. The predicted octanol–water partition coefficient (Wildman–Crippen LogP) is 4.04. The number of benzene rings is 1. The lowest BCUT2D eigenvalue weighted by Gasteiger charge is -2.32. The van der Waals surface area contributed by atoms with Crippen molar-refractivity contribution >= 4 is 14.0 Å². The Hall–Kier alpha value is -0.683. The van der Waals surface area contributed by atoms with Gasteiger partial charge in [0.1, 0.15) is 0 Å². The molecule has 3 nitrogen and oxygen atoms in total. The topological polar surface area (TPSA) is 27.7 Å². The highest BCUT2D eigenvalue weighted by molar-refractivity contribution is 6.76. The van der Waals surface area contributed by atoms with Gasteiger partial charge in [-0.3, -0.25) is 0 Å². The molecular weight excluding hydrogens is 292 g/mol. The third-order valence-electron chi connectivity index (χ3n) is 3.74. The first kappa shape index (κ1) is 19.4. The van der Waals surface area contributed by atoms with Gasteiger partial charge in [0.05, 0.1) is 0 Å². The van der Waals surface area contributed by atoms with Crippen LogP contribution >= 0.6 is 0 Å². The molecule has 0 saturated carbocycles. The van der Waals surface area contributed by atoms with Gasteiger partial charge in [-0.15, -0.1) is 0 Å². The summed E-state index contributed by atoms with van der Waals surface area (Å²) in [4.78, 5) is 0. The lowest BCUT2D eigenvalue weighted by atomic mass is 10.1. The van der Waals surface area contributed by atoms with Crippen LogP contribution in [-0.4, -0.2) is 28.6 Å². The van der Waals surface area contributed by atoms with E-state index in [1.54, 1.807) is 0 Å². The van der Waals surface area contributed by atoms with Crippen LogP contribution in [0.3, 0.4) is 0 Å². The fraction of sp³-hybridized carbons (Fsp3) is 0.667. The molecule has 0 aliphatic heterocycles. The standard InChI is InChI=1S/C18H32O3Si/c1-7-12-19-22(20-13-8-2,21-14-9-3)18-16(5)11-10-15(4)17(18)6/h10-11H,7-9,12-14H2,1-6H3. The largest absolute Gasteiger partial charge is 0.537 e. The molecule has 1 aromatic carbocycles. The van der Waals surface area contributed by atoms with E-state index in [-0.39, 0.29) is 0 Å². The third kappa shape index (κ3) is 4.65. The van der Waals surface area contributed by atoms with E-state index < -0.39 is 8.80 Å². The van der Waals surface area contributed by atoms with Crippen LogP contribution in [0.1, 0.15) is 56.7 Å². The van der Waals surface area contributed by atoms with Crippen molar-refractivity contribution in [3.05, 3.63) is 28.8 Å². The molecule has 0 unspecified atom stereocenters. The van der Waals surface area contributed by atoms with Crippen molar-refractivity contribution in [1.82, 2.24) is 0 Å². The molecule has 0 radical (unpaired) electrons. The van der Waals surface area contributed by atoms with E-state index >= 15 is 0 Å². The molecule has 0 aliphatic carbocycles. The summed E-state index contributed by atoms with van der Waals surface area (Å²) in [7, 11) is -2.86. The van der Waals surface area contributed by atoms with E-state index in [0.717, 1.165) is 19.3 Å². The molecule has 0 heterocycles. The first-order valence-electron chi connectivity index (χ1n) is 8.51. The second kappa shape index (κ2) is 9.45. The Morgan fingerprint density at radius 1 is 0.727 bits per heavy atom. The Bertz CT molecular complexity index is 438. The maximum absolute atomic E-state index is 6.28. The molecule has 126 valence electrons. The monoisotopic (exact) mass is 324 g/mol. The van der Waals surface area contributed by atoms with E-state index in [1.807, 2.05) is 0 Å². The molecule has 0 aliphatic rings. The van der Waals surface area contributed by atoms with Gasteiger partial charge in [-0.25, -0.2) is 0 Å². The highest BCUT2D eigenvalue weighted by Crippen LogP contribution is 2.19. The SMILES string of the molecule is CCCO[Si](OCCC)(OCCC)c1c(C)ccc(C)c1C. The van der Waals surface area contributed by atoms with Crippen molar-refractivity contribution in [2.75, 3.05) is 19.8 Å². The van der Waals surface area contributed by atoms with Gasteiger partial charge < -0.3 is 13.3 Å². The molecule has 0 fully saturated rings. The average molecular weight is 325 g/mol. The summed E-state index contributed by atoms with van der Waals surface area (Å²) < 4.78 is 18.8. The highest BCUT2D eigenvalue weighted by Gasteiger charge is 2.46. The van der Waals surface area contributed by atoms with Crippen molar-refractivity contribution in [2.45, 2.75) is 60.8 Å². The van der Waals surface area contributed by atoms with Crippen LogP contribution in [0.25, 0.3) is 0 Å². The van der Waals surface area contributed by atoms with E-state index in [0.29, 0.717) is 19.8 Å². The lowest BCUT2D eigenvalue weighted by molar-refractivity contribution is 0.0729. The first-order chi connectivity index (χ1) is 10.5. The second-order valence-electron chi connectivity index (χ2n) is 5.80. The molecule has 0 N–H and O–H groups in total. The van der Waals surface area contributed by atoms with Gasteiger partial charge in [0.2, 0.25) is 0 Å². The summed E-state index contributed by atoms with van der Waals surface area (Å²) in [6, 6.07) is 4.31. The molecule has 4 heteroatoms. The van der Waals surface area contributed by atoms with Gasteiger partial charge in [-0.05, 0) is 56.7 Å². The maximum Gasteiger partial charge on any atom is 0.537 e. The number of hydrogen-bond donors (Lipinski definition) is 0. The molecular formula is C18H32O3Si. The molecule has 0 atom stereocenters. The molecule has 22 heavy (non-hydrogen) atoms. The summed E-state index contributed by atoms with van der Waals surface area (Å²) >= 11 is 0. The Morgan fingerprint density at radius 3 is 1.55 bits per heavy atom. The molecule has 1 aromatic rings. The van der Waals surface area contributed by atoms with Crippen molar-refractivity contribution < 1.29 is 13.3 Å². The third-order valence-corrected chi connectivity index (χ3v) is 6.87. The molecule has 0 amide bonds. The van der Waals surface area contributed by atoms with Gasteiger partial charge in [-0.2, -0.15) is 0 Å². The summed E-state index contributed by atoms with van der Waals surface area (Å²) in [6.07, 6.45) is 2.89. The molecule has 0 saturated heterocycles. The van der Waals surface area contributed by atoms with Gasteiger partial charge in [-0.1, -0.05) is 32.9 Å². The van der Waals surface area contributed by atoms with Crippen molar-refractivity contribution in [1.29, 1.82) is 0 Å². The zero-order chi connectivity index (χ0) is 16.6. The molecule has 1 rings (SSSR count). The van der Waals surface area contributed by atoms with Crippen molar-refractivity contribution in [2.24, 2.45) is 0 Å². The number of hydrogen-bond acceptors (Lipinski definition) is 3. The van der Waals surface area contributed by atoms with E-state index in [2.05, 4.69) is 53.7 Å². The second-order valence-corrected chi connectivity index (χ2v) is 8.28. The summed E-state index contributed by atoms with van der Waals surface area (Å²) in [6.45, 7) is 14.8. The van der Waals surface area contributed by atoms with Crippen molar-refractivity contribution in [3.63, 3.8) is 0 Å².